The zero-order chi connectivity index (χ0) is 28.6. The molecule has 2 amide bonds. The highest BCUT2D eigenvalue weighted by Crippen LogP contribution is 2.37. The molecule has 0 radical (unpaired) electrons. The van der Waals surface area contributed by atoms with Gasteiger partial charge in [-0.2, -0.15) is 39.5 Å². The molecule has 1 aliphatic rings. The minimum Gasteiger partial charge on any atom is -0.326 e. The second-order valence-corrected chi connectivity index (χ2v) is 8.74. The first kappa shape index (κ1) is 29.0. The summed E-state index contributed by atoms with van der Waals surface area (Å²) in [5.74, 6) is -3.00. The summed E-state index contributed by atoms with van der Waals surface area (Å²) < 4.78 is 119. The number of hydrogen-bond donors (Lipinski definition) is 1. The summed E-state index contributed by atoms with van der Waals surface area (Å²) in [6.45, 7) is 1.54. The molecule has 1 atom stereocenters. The molecular weight excluding hydrogens is 533 g/mol. The van der Waals surface area contributed by atoms with E-state index in [1.165, 1.54) is 24.3 Å². The van der Waals surface area contributed by atoms with Gasteiger partial charge in [-0.3, -0.25) is 19.5 Å². The van der Waals surface area contributed by atoms with Gasteiger partial charge in [-0.1, -0.05) is 38.1 Å². The lowest BCUT2D eigenvalue weighted by Gasteiger charge is -2.26. The van der Waals surface area contributed by atoms with Crippen LogP contribution in [-0.4, -0.2) is 36.4 Å². The molecule has 1 heterocycles. The maximum Gasteiger partial charge on any atom is 0.416 e. The number of fused-ring (bicyclic) bond motifs is 1. The zero-order valence-electron chi connectivity index (χ0n) is 19.7. The Morgan fingerprint density at radius 1 is 0.974 bits per heavy atom. The number of alkyl halides is 9. The number of hydrogen-bond acceptors (Lipinski definition) is 3. The fourth-order valence-electron chi connectivity index (χ4n) is 3.90. The molecule has 2 aromatic rings. The van der Waals surface area contributed by atoms with Crippen molar-refractivity contribution in [2.75, 3.05) is 11.4 Å². The van der Waals surface area contributed by atoms with Gasteiger partial charge in [0.1, 0.15) is 6.54 Å². The zero-order valence-corrected chi connectivity index (χ0v) is 19.7. The Morgan fingerprint density at radius 3 is 2.16 bits per heavy atom. The van der Waals surface area contributed by atoms with E-state index in [2.05, 4.69) is 4.99 Å². The minimum absolute atomic E-state index is 0.124. The molecule has 2 aromatic carbocycles. The van der Waals surface area contributed by atoms with Crippen molar-refractivity contribution in [2.45, 2.75) is 45.0 Å². The van der Waals surface area contributed by atoms with Crippen molar-refractivity contribution in [3.8, 4) is 0 Å². The van der Waals surface area contributed by atoms with Crippen molar-refractivity contribution in [3.63, 3.8) is 0 Å². The highest BCUT2D eigenvalue weighted by molar-refractivity contribution is 6.13. The Bertz CT molecular complexity index is 1250. The number of benzene rings is 2. The number of para-hydroxylation sites is 1. The second kappa shape index (κ2) is 10.3. The summed E-state index contributed by atoms with van der Waals surface area (Å²) in [5, 5.41) is 2.04. The van der Waals surface area contributed by atoms with Gasteiger partial charge in [0.05, 0.1) is 23.2 Å². The first-order chi connectivity index (χ1) is 17.4. The van der Waals surface area contributed by atoms with E-state index in [-0.39, 0.29) is 23.0 Å². The van der Waals surface area contributed by atoms with Gasteiger partial charge in [-0.25, -0.2) is 0 Å². The first-order valence-electron chi connectivity index (χ1n) is 11.0. The van der Waals surface area contributed by atoms with Gasteiger partial charge in [0.2, 0.25) is 12.1 Å². The van der Waals surface area contributed by atoms with Crippen LogP contribution < -0.4 is 10.2 Å². The molecule has 0 fully saturated rings. The van der Waals surface area contributed by atoms with E-state index < -0.39 is 72.1 Å². The molecule has 5 nitrogen and oxygen atoms in total. The van der Waals surface area contributed by atoms with Crippen molar-refractivity contribution in [1.82, 2.24) is 5.32 Å². The van der Waals surface area contributed by atoms with Gasteiger partial charge in [0.15, 0.2) is 0 Å². The maximum atomic E-state index is 13.5. The number of rotatable bonds is 5. The van der Waals surface area contributed by atoms with Crippen LogP contribution in [0.15, 0.2) is 47.5 Å². The number of halogens is 9. The molecule has 0 aliphatic carbocycles. The molecule has 14 heteroatoms. The van der Waals surface area contributed by atoms with Crippen molar-refractivity contribution in [3.05, 3.63) is 64.7 Å². The third kappa shape index (κ3) is 6.64. The van der Waals surface area contributed by atoms with Gasteiger partial charge in [0, 0.05) is 11.3 Å². The van der Waals surface area contributed by atoms with Crippen LogP contribution in [0.2, 0.25) is 0 Å². The number of carbonyl (C=O) groups excluding carboxylic acids is 2. The smallest absolute Gasteiger partial charge is 0.326 e. The lowest BCUT2D eigenvalue weighted by Crippen LogP contribution is -2.50. The Morgan fingerprint density at radius 2 is 1.61 bits per heavy atom. The summed E-state index contributed by atoms with van der Waals surface area (Å²) in [4.78, 5) is 30.3. The second-order valence-electron chi connectivity index (χ2n) is 8.74. The summed E-state index contributed by atoms with van der Waals surface area (Å²) in [6.07, 6.45) is -18.2. The molecule has 0 bridgehead atoms. The summed E-state index contributed by atoms with van der Waals surface area (Å²) in [5.41, 5.74) is -3.89. The third-order valence-electron chi connectivity index (χ3n) is 5.51. The predicted octanol–water partition coefficient (Wildman–Crippen LogP) is 5.76. The van der Waals surface area contributed by atoms with Crippen LogP contribution in [0.3, 0.4) is 0 Å². The summed E-state index contributed by atoms with van der Waals surface area (Å²) in [7, 11) is 0. The molecule has 0 aromatic heterocycles. The highest BCUT2D eigenvalue weighted by Gasteiger charge is 2.41. The van der Waals surface area contributed by atoms with E-state index in [0.29, 0.717) is 17.0 Å². The largest absolute Gasteiger partial charge is 0.416 e. The standard InChI is InChI=1S/C24H20F9N3O2/c1-12(2)19-15-5-3-4-6-17(15)36(11-22(25,26)27)21(38)20(35-19)34-18(37)9-13-7-8-14(23(28,29)30)10-16(13)24(31,32)33/h3-8,10,12,20H,9,11H2,1-2H3,(H,34,37). The Balaban J connectivity index is 1.99. The molecule has 3 rings (SSSR count). The lowest BCUT2D eigenvalue weighted by atomic mass is 9.98. The van der Waals surface area contributed by atoms with Crippen molar-refractivity contribution < 1.29 is 49.1 Å². The molecule has 38 heavy (non-hydrogen) atoms. The third-order valence-corrected chi connectivity index (χ3v) is 5.51. The van der Waals surface area contributed by atoms with E-state index in [1.807, 2.05) is 5.32 Å². The normalized spacial score (nSPS) is 16.7. The fourth-order valence-corrected chi connectivity index (χ4v) is 3.90. The maximum absolute atomic E-state index is 13.5. The van der Waals surface area contributed by atoms with Crippen LogP contribution in [0, 0.1) is 5.92 Å². The van der Waals surface area contributed by atoms with Crippen LogP contribution in [0.5, 0.6) is 0 Å². The number of nitrogens with zero attached hydrogens (tertiary/aromatic N) is 2. The number of aliphatic imine (C=N–C) groups is 1. The van der Waals surface area contributed by atoms with E-state index in [9.17, 15) is 49.1 Å². The van der Waals surface area contributed by atoms with Crippen LogP contribution in [0.1, 0.15) is 36.1 Å². The SMILES string of the molecule is CC(C)C1=NC(NC(=O)Cc2ccc(C(F)(F)F)cc2C(F)(F)F)C(=O)N(CC(F)(F)F)c2ccccc21. The topological polar surface area (TPSA) is 61.8 Å². The van der Waals surface area contributed by atoms with E-state index in [1.54, 1.807) is 13.8 Å². The summed E-state index contributed by atoms with van der Waals surface area (Å²) >= 11 is 0. The molecule has 0 spiro atoms. The van der Waals surface area contributed by atoms with Gasteiger partial charge < -0.3 is 5.32 Å². The highest BCUT2D eigenvalue weighted by atomic mass is 19.4. The molecule has 0 saturated heterocycles. The van der Waals surface area contributed by atoms with Gasteiger partial charge in [0.25, 0.3) is 5.91 Å². The van der Waals surface area contributed by atoms with Crippen molar-refractivity contribution in [2.24, 2.45) is 10.9 Å². The van der Waals surface area contributed by atoms with E-state index >= 15 is 0 Å². The number of amides is 2. The Labute approximate surface area is 210 Å². The van der Waals surface area contributed by atoms with Crippen molar-refractivity contribution >= 4 is 23.2 Å². The number of benzodiazepines with no additional fused rings is 1. The van der Waals surface area contributed by atoms with Crippen LogP contribution in [0.4, 0.5) is 45.2 Å². The van der Waals surface area contributed by atoms with Gasteiger partial charge in [-0.05, 0) is 29.7 Å². The molecule has 1 aliphatic heterocycles. The van der Waals surface area contributed by atoms with E-state index in [0.717, 1.165) is 0 Å². The summed E-state index contributed by atoms with van der Waals surface area (Å²) in [6, 6.07) is 6.31. The molecule has 1 unspecified atom stereocenters. The molecule has 1 N–H and O–H groups in total. The predicted molar refractivity (Wildman–Crippen MR) is 118 cm³/mol. The number of nitrogens with one attached hydrogen (secondary N) is 1. The molecular formula is C24H20F9N3O2. The number of anilines is 1. The fraction of sp³-hybridized carbons (Fsp3) is 0.375. The average molecular weight is 553 g/mol. The van der Waals surface area contributed by atoms with Crippen LogP contribution >= 0.6 is 0 Å². The molecule has 206 valence electrons. The van der Waals surface area contributed by atoms with Gasteiger partial charge >= 0.3 is 18.5 Å². The first-order valence-corrected chi connectivity index (χ1v) is 11.0. The lowest BCUT2D eigenvalue weighted by molar-refractivity contribution is -0.143. The Kier molecular flexibility index (Phi) is 7.85. The monoisotopic (exact) mass is 553 g/mol. The Hall–Kier alpha value is -3.58. The number of carbonyl (C=O) groups is 2. The van der Waals surface area contributed by atoms with Crippen molar-refractivity contribution in [1.29, 1.82) is 0 Å². The van der Waals surface area contributed by atoms with Crippen LogP contribution in [-0.2, 0) is 28.4 Å². The minimum atomic E-state index is -5.25. The molecule has 0 saturated carbocycles. The van der Waals surface area contributed by atoms with Crippen LogP contribution in [0.25, 0.3) is 0 Å². The quantitative estimate of drug-likeness (QED) is 0.479. The average Bonchev–Trinajstić information content (AvgIpc) is 2.87. The van der Waals surface area contributed by atoms with E-state index in [4.69, 9.17) is 0 Å². The van der Waals surface area contributed by atoms with Gasteiger partial charge in [-0.15, -0.1) is 0 Å².